The van der Waals surface area contributed by atoms with Crippen molar-refractivity contribution in [2.45, 2.75) is 19.0 Å². The number of ether oxygens (including phenoxy) is 1. The number of rotatable bonds is 6. The van der Waals surface area contributed by atoms with Gasteiger partial charge in [0, 0.05) is 11.1 Å². The third-order valence-corrected chi connectivity index (χ3v) is 6.33. The molecule has 0 unspecified atom stereocenters. The van der Waals surface area contributed by atoms with Crippen LogP contribution in [-0.2, 0) is 4.79 Å². The van der Waals surface area contributed by atoms with Crippen molar-refractivity contribution >= 4 is 40.7 Å². The summed E-state index contributed by atoms with van der Waals surface area (Å²) in [7, 11) is 0. The summed E-state index contributed by atoms with van der Waals surface area (Å²) in [4.78, 5) is 53.1. The molecule has 1 saturated heterocycles. The molecule has 5 rings (SSSR count). The smallest absolute Gasteiger partial charge is 0.294 e. The van der Waals surface area contributed by atoms with E-state index in [0.717, 1.165) is 11.0 Å². The molecule has 0 spiro atoms. The first kappa shape index (κ1) is 22.5. The van der Waals surface area contributed by atoms with Gasteiger partial charge in [0.25, 0.3) is 23.4 Å². The third-order valence-electron chi connectivity index (χ3n) is 6.10. The number of nitrogens with zero attached hydrogens (tertiary/aromatic N) is 3. The highest BCUT2D eigenvalue weighted by Gasteiger charge is 2.58. The van der Waals surface area contributed by atoms with E-state index in [9.17, 15) is 24.5 Å². The lowest BCUT2D eigenvalue weighted by atomic mass is 9.86. The Morgan fingerprint density at radius 3 is 2.11 bits per heavy atom. The first-order chi connectivity index (χ1) is 16.8. The molecule has 3 amide bonds. The standard InChI is InChI=1S/C25H18ClN3O6/c1-2-35-16-10-7-14(8-11-16)21-22(28-23(30)17-5-3-4-6-18(17)24(28)31)25(32)27(21)19-12-9-15(26)13-20(19)29(33)34/h3-13,21-22H,2H2,1H3/t21-,22-/m0/s1. The van der Waals surface area contributed by atoms with Gasteiger partial charge in [-0.15, -0.1) is 0 Å². The number of amides is 3. The van der Waals surface area contributed by atoms with E-state index in [1.165, 1.54) is 29.2 Å². The fourth-order valence-electron chi connectivity index (χ4n) is 4.56. The second-order valence-electron chi connectivity index (χ2n) is 8.02. The number of fused-ring (bicyclic) bond motifs is 1. The van der Waals surface area contributed by atoms with E-state index in [0.29, 0.717) is 17.9 Å². The van der Waals surface area contributed by atoms with Crippen molar-refractivity contribution in [3.63, 3.8) is 0 Å². The minimum atomic E-state index is -1.17. The van der Waals surface area contributed by atoms with Crippen molar-refractivity contribution in [3.05, 3.63) is 98.6 Å². The quantitative estimate of drug-likeness (QED) is 0.219. The van der Waals surface area contributed by atoms with Crippen LogP contribution in [0.2, 0.25) is 5.02 Å². The number of nitro benzene ring substituents is 1. The van der Waals surface area contributed by atoms with Gasteiger partial charge in [-0.05, 0) is 48.9 Å². The molecule has 176 valence electrons. The lowest BCUT2D eigenvalue weighted by Crippen LogP contribution is -2.67. The zero-order valence-electron chi connectivity index (χ0n) is 18.4. The molecule has 3 aromatic carbocycles. The van der Waals surface area contributed by atoms with E-state index < -0.39 is 34.7 Å². The molecular formula is C25H18ClN3O6. The van der Waals surface area contributed by atoms with Crippen LogP contribution in [0.3, 0.4) is 0 Å². The van der Waals surface area contributed by atoms with Crippen molar-refractivity contribution in [2.24, 2.45) is 0 Å². The summed E-state index contributed by atoms with van der Waals surface area (Å²) in [5, 5.41) is 11.9. The molecule has 0 saturated carbocycles. The fourth-order valence-corrected chi connectivity index (χ4v) is 4.73. The van der Waals surface area contributed by atoms with Crippen LogP contribution in [0.4, 0.5) is 11.4 Å². The number of hydrogen-bond donors (Lipinski definition) is 0. The normalized spacial score (nSPS) is 19.0. The molecule has 0 aromatic heterocycles. The van der Waals surface area contributed by atoms with E-state index in [1.807, 2.05) is 6.92 Å². The number of imide groups is 1. The third kappa shape index (κ3) is 3.52. The van der Waals surface area contributed by atoms with Crippen molar-refractivity contribution in [3.8, 4) is 5.75 Å². The zero-order chi connectivity index (χ0) is 24.9. The average Bonchev–Trinajstić information content (AvgIpc) is 3.09. The van der Waals surface area contributed by atoms with Gasteiger partial charge in [0.15, 0.2) is 0 Å². The monoisotopic (exact) mass is 491 g/mol. The minimum absolute atomic E-state index is 0.0242. The van der Waals surface area contributed by atoms with Gasteiger partial charge in [-0.1, -0.05) is 35.9 Å². The molecule has 0 bridgehead atoms. The van der Waals surface area contributed by atoms with Crippen molar-refractivity contribution in [1.82, 2.24) is 4.90 Å². The molecule has 9 nitrogen and oxygen atoms in total. The molecule has 10 heteroatoms. The van der Waals surface area contributed by atoms with E-state index in [1.54, 1.807) is 36.4 Å². The summed E-state index contributed by atoms with van der Waals surface area (Å²) in [6.07, 6.45) is 0. The average molecular weight is 492 g/mol. The van der Waals surface area contributed by atoms with E-state index in [4.69, 9.17) is 16.3 Å². The van der Waals surface area contributed by atoms with Crippen LogP contribution in [0.1, 0.15) is 39.2 Å². The Kier molecular flexibility index (Phi) is 5.49. The maximum absolute atomic E-state index is 13.5. The molecule has 1 fully saturated rings. The van der Waals surface area contributed by atoms with E-state index in [2.05, 4.69) is 0 Å². The van der Waals surface area contributed by atoms with Crippen LogP contribution in [0.5, 0.6) is 5.75 Å². The highest BCUT2D eigenvalue weighted by molar-refractivity contribution is 6.31. The number of β-lactam (4-membered cyclic amide) rings is 1. The molecule has 2 heterocycles. The van der Waals surface area contributed by atoms with Crippen LogP contribution in [0, 0.1) is 10.1 Å². The van der Waals surface area contributed by atoms with Gasteiger partial charge in [-0.2, -0.15) is 0 Å². The highest BCUT2D eigenvalue weighted by atomic mass is 35.5. The number of carbonyl (C=O) groups is 3. The van der Waals surface area contributed by atoms with E-state index in [-0.39, 0.29) is 27.5 Å². The first-order valence-electron chi connectivity index (χ1n) is 10.8. The van der Waals surface area contributed by atoms with Crippen molar-refractivity contribution in [2.75, 3.05) is 11.5 Å². The summed E-state index contributed by atoms with van der Waals surface area (Å²) >= 11 is 5.97. The van der Waals surface area contributed by atoms with Gasteiger partial charge < -0.3 is 4.74 Å². The van der Waals surface area contributed by atoms with Gasteiger partial charge in [-0.3, -0.25) is 34.3 Å². The Bertz CT molecular complexity index is 1360. The predicted octanol–water partition coefficient (Wildman–Crippen LogP) is 4.40. The number of nitro groups is 1. The van der Waals surface area contributed by atoms with Crippen LogP contribution >= 0.6 is 11.6 Å². The van der Waals surface area contributed by atoms with Gasteiger partial charge in [0.05, 0.1) is 28.7 Å². The van der Waals surface area contributed by atoms with Gasteiger partial charge in [0.1, 0.15) is 17.5 Å². The molecule has 2 aliphatic heterocycles. The molecule has 35 heavy (non-hydrogen) atoms. The summed E-state index contributed by atoms with van der Waals surface area (Å²) in [5.41, 5.74) is 0.677. The van der Waals surface area contributed by atoms with Crippen LogP contribution in [0.15, 0.2) is 66.7 Å². The summed E-state index contributed by atoms with van der Waals surface area (Å²) in [6.45, 7) is 2.31. The van der Waals surface area contributed by atoms with Crippen molar-refractivity contribution < 1.29 is 24.0 Å². The first-order valence-corrected chi connectivity index (χ1v) is 11.2. The Labute approximate surface area is 204 Å². The minimum Gasteiger partial charge on any atom is -0.494 e. The number of anilines is 1. The number of halogens is 1. The SMILES string of the molecule is CCOc1ccc([C@H]2[C@H](N3C(=O)c4ccccc4C3=O)C(=O)N2c2ccc(Cl)cc2[N+](=O)[O-])cc1. The lowest BCUT2D eigenvalue weighted by molar-refractivity contribution is -0.384. The maximum Gasteiger partial charge on any atom is 0.294 e. The molecule has 3 aromatic rings. The molecule has 0 N–H and O–H groups in total. The van der Waals surface area contributed by atoms with Crippen LogP contribution in [-0.4, -0.2) is 40.2 Å². The summed E-state index contributed by atoms with van der Waals surface area (Å²) < 4.78 is 5.49. The van der Waals surface area contributed by atoms with E-state index >= 15 is 0 Å². The van der Waals surface area contributed by atoms with Crippen LogP contribution < -0.4 is 9.64 Å². The molecule has 2 atom stereocenters. The fraction of sp³-hybridized carbons (Fsp3) is 0.160. The predicted molar refractivity (Wildman–Crippen MR) is 127 cm³/mol. The topological polar surface area (TPSA) is 110 Å². The Hall–Kier alpha value is -4.24. The lowest BCUT2D eigenvalue weighted by Gasteiger charge is -2.49. The molecular weight excluding hydrogens is 474 g/mol. The summed E-state index contributed by atoms with van der Waals surface area (Å²) in [6, 6.07) is 15.2. The highest BCUT2D eigenvalue weighted by Crippen LogP contribution is 2.47. The molecule has 0 radical (unpaired) electrons. The second-order valence-corrected chi connectivity index (χ2v) is 8.45. The number of hydrogen-bond acceptors (Lipinski definition) is 6. The molecule has 0 aliphatic carbocycles. The number of benzene rings is 3. The van der Waals surface area contributed by atoms with Gasteiger partial charge in [-0.25, -0.2) is 0 Å². The van der Waals surface area contributed by atoms with Crippen LogP contribution in [0.25, 0.3) is 0 Å². The summed E-state index contributed by atoms with van der Waals surface area (Å²) in [5.74, 6) is -1.16. The maximum atomic E-state index is 13.5. The number of carbonyl (C=O) groups excluding carboxylic acids is 3. The second kappa shape index (κ2) is 8.52. The van der Waals surface area contributed by atoms with Gasteiger partial charge >= 0.3 is 0 Å². The Morgan fingerprint density at radius 2 is 1.54 bits per heavy atom. The molecule has 2 aliphatic rings. The Balaban J connectivity index is 1.61. The zero-order valence-corrected chi connectivity index (χ0v) is 19.1. The van der Waals surface area contributed by atoms with Crippen molar-refractivity contribution in [1.29, 1.82) is 0 Å². The largest absolute Gasteiger partial charge is 0.494 e. The Morgan fingerprint density at radius 1 is 0.914 bits per heavy atom. The van der Waals surface area contributed by atoms with Gasteiger partial charge in [0.2, 0.25) is 0 Å².